The minimum atomic E-state index is -4.30. The SMILES string of the molecule is CCCC(C(=O)O)N(C)C(N)=NP(=O)(OCCOC(=O)OCC)OCCOC(=O)OCC. The van der Waals surface area contributed by atoms with Gasteiger partial charge in [0.15, 0.2) is 0 Å². The molecule has 186 valence electrons. The van der Waals surface area contributed by atoms with Crippen LogP contribution >= 0.6 is 7.75 Å². The fraction of sp³-hybridized carbons (Fsp3) is 0.765. The molecule has 0 rings (SSSR count). The number of nitrogens with two attached hydrogens (primary N) is 1. The van der Waals surface area contributed by atoms with Gasteiger partial charge in [0.25, 0.3) is 0 Å². The topological polar surface area (TPSA) is 186 Å². The van der Waals surface area contributed by atoms with Gasteiger partial charge in [0.05, 0.1) is 26.4 Å². The highest BCUT2D eigenvalue weighted by Crippen LogP contribution is 2.49. The lowest BCUT2D eigenvalue weighted by atomic mass is 10.1. The minimum Gasteiger partial charge on any atom is -0.480 e. The smallest absolute Gasteiger partial charge is 0.480 e. The molecule has 14 nitrogen and oxygen atoms in total. The van der Waals surface area contributed by atoms with E-state index in [2.05, 4.69) is 14.2 Å². The first-order valence-electron chi connectivity index (χ1n) is 9.89. The molecule has 0 aromatic heterocycles. The molecule has 0 aliphatic rings. The van der Waals surface area contributed by atoms with Crippen molar-refractivity contribution in [1.82, 2.24) is 4.90 Å². The third kappa shape index (κ3) is 12.3. The van der Waals surface area contributed by atoms with Crippen molar-refractivity contribution >= 4 is 32.0 Å². The normalized spacial score (nSPS) is 12.6. The highest BCUT2D eigenvalue weighted by molar-refractivity contribution is 7.52. The van der Waals surface area contributed by atoms with Gasteiger partial charge in [0.2, 0.25) is 5.96 Å². The molecule has 0 heterocycles. The summed E-state index contributed by atoms with van der Waals surface area (Å²) in [5.74, 6) is -1.55. The summed E-state index contributed by atoms with van der Waals surface area (Å²) in [5, 5.41) is 9.36. The Morgan fingerprint density at radius 3 is 1.78 bits per heavy atom. The van der Waals surface area contributed by atoms with E-state index in [0.29, 0.717) is 6.42 Å². The van der Waals surface area contributed by atoms with Crippen LogP contribution in [-0.4, -0.2) is 87.0 Å². The van der Waals surface area contributed by atoms with Crippen LogP contribution in [0.2, 0.25) is 0 Å². The minimum absolute atomic E-state index is 0.109. The summed E-state index contributed by atoms with van der Waals surface area (Å²) in [6, 6.07) is -1.02. The van der Waals surface area contributed by atoms with Gasteiger partial charge in [-0.05, 0) is 20.3 Å². The Balaban J connectivity index is 5.21. The van der Waals surface area contributed by atoms with E-state index < -0.39 is 51.2 Å². The van der Waals surface area contributed by atoms with Gasteiger partial charge in [-0.15, -0.1) is 4.76 Å². The third-order valence-electron chi connectivity index (χ3n) is 3.54. The van der Waals surface area contributed by atoms with Crippen LogP contribution in [-0.2, 0) is 37.4 Å². The zero-order chi connectivity index (χ0) is 24.6. The Morgan fingerprint density at radius 2 is 1.41 bits per heavy atom. The number of hydrogen-bond acceptors (Lipinski definition) is 10. The molecule has 0 amide bonds. The van der Waals surface area contributed by atoms with E-state index in [-0.39, 0.29) is 32.8 Å². The maximum Gasteiger partial charge on any atom is 0.508 e. The summed E-state index contributed by atoms with van der Waals surface area (Å²) < 4.78 is 45.5. The van der Waals surface area contributed by atoms with Gasteiger partial charge in [-0.1, -0.05) is 13.3 Å². The van der Waals surface area contributed by atoms with E-state index in [4.69, 9.17) is 24.3 Å². The van der Waals surface area contributed by atoms with Crippen molar-refractivity contribution in [2.75, 3.05) is 46.7 Å². The zero-order valence-electron chi connectivity index (χ0n) is 18.7. The average Bonchev–Trinajstić information content (AvgIpc) is 2.72. The van der Waals surface area contributed by atoms with Crippen molar-refractivity contribution < 1.29 is 52.1 Å². The maximum atomic E-state index is 13.0. The van der Waals surface area contributed by atoms with Crippen molar-refractivity contribution in [1.29, 1.82) is 0 Å². The predicted molar refractivity (Wildman–Crippen MR) is 111 cm³/mol. The van der Waals surface area contributed by atoms with E-state index in [1.165, 1.54) is 7.05 Å². The lowest BCUT2D eigenvalue weighted by Crippen LogP contribution is -2.46. The molecule has 0 spiro atoms. The number of carbonyl (C=O) groups excluding carboxylic acids is 2. The summed E-state index contributed by atoms with van der Waals surface area (Å²) in [5.41, 5.74) is 5.83. The van der Waals surface area contributed by atoms with Crippen molar-refractivity contribution in [2.24, 2.45) is 10.5 Å². The van der Waals surface area contributed by atoms with Crippen LogP contribution in [0.1, 0.15) is 33.6 Å². The summed E-state index contributed by atoms with van der Waals surface area (Å²) >= 11 is 0. The number of carboxylic acids is 1. The molecule has 0 saturated carbocycles. The Bertz CT molecular complexity index is 644. The van der Waals surface area contributed by atoms with E-state index in [1.54, 1.807) is 20.8 Å². The summed E-state index contributed by atoms with van der Waals surface area (Å²) in [6.45, 7) is 3.74. The molecule has 3 N–H and O–H groups in total. The molecule has 1 unspecified atom stereocenters. The quantitative estimate of drug-likeness (QED) is 0.113. The Morgan fingerprint density at radius 1 is 0.938 bits per heavy atom. The molecule has 32 heavy (non-hydrogen) atoms. The summed E-state index contributed by atoms with van der Waals surface area (Å²) in [4.78, 5) is 35.0. The number of ether oxygens (including phenoxy) is 4. The van der Waals surface area contributed by atoms with Crippen LogP contribution < -0.4 is 5.73 Å². The first-order chi connectivity index (χ1) is 15.1. The monoisotopic (exact) mass is 485 g/mol. The molecule has 0 saturated heterocycles. The molecule has 0 aromatic rings. The van der Waals surface area contributed by atoms with Gasteiger partial charge in [-0.2, -0.15) is 0 Å². The lowest BCUT2D eigenvalue weighted by molar-refractivity contribution is -0.141. The second kappa shape index (κ2) is 16.1. The second-order valence-corrected chi connectivity index (χ2v) is 7.56. The number of aliphatic carboxylic acids is 1. The van der Waals surface area contributed by atoms with Gasteiger partial charge in [0.1, 0.15) is 19.3 Å². The van der Waals surface area contributed by atoms with E-state index in [1.807, 2.05) is 0 Å². The molecule has 0 radical (unpaired) electrons. The molecule has 15 heteroatoms. The van der Waals surface area contributed by atoms with Gasteiger partial charge < -0.3 is 34.7 Å². The number of carboxylic acid groups (broad SMARTS) is 1. The molecule has 0 bridgehead atoms. The Kier molecular flexibility index (Phi) is 14.8. The second-order valence-electron chi connectivity index (χ2n) is 5.91. The maximum absolute atomic E-state index is 13.0. The number of guanidine groups is 1. The molecular formula is C17H32N3O11P. The highest BCUT2D eigenvalue weighted by atomic mass is 31.2. The first kappa shape index (κ1) is 29.4. The van der Waals surface area contributed by atoms with E-state index in [0.717, 1.165) is 4.90 Å². The average molecular weight is 485 g/mol. The fourth-order valence-electron chi connectivity index (χ4n) is 2.08. The zero-order valence-corrected chi connectivity index (χ0v) is 19.6. The van der Waals surface area contributed by atoms with Crippen LogP contribution in [0, 0.1) is 0 Å². The summed E-state index contributed by atoms with van der Waals surface area (Å²) in [6.07, 6.45) is -1.08. The number of carbonyl (C=O) groups is 3. The van der Waals surface area contributed by atoms with Crippen LogP contribution in [0.5, 0.6) is 0 Å². The van der Waals surface area contributed by atoms with Crippen molar-refractivity contribution in [3.63, 3.8) is 0 Å². The van der Waals surface area contributed by atoms with Crippen molar-refractivity contribution in [2.45, 2.75) is 39.7 Å². The predicted octanol–water partition coefficient (Wildman–Crippen LogP) is 1.97. The molecule has 0 aromatic carbocycles. The Labute approximate surface area is 186 Å². The van der Waals surface area contributed by atoms with Gasteiger partial charge in [0, 0.05) is 7.05 Å². The van der Waals surface area contributed by atoms with E-state index >= 15 is 0 Å². The number of likely N-dealkylation sites (N-methyl/N-ethyl adjacent to an activating group) is 1. The van der Waals surface area contributed by atoms with Crippen molar-refractivity contribution in [3.05, 3.63) is 0 Å². The number of hydrogen-bond donors (Lipinski definition) is 2. The molecule has 0 aliphatic carbocycles. The largest absolute Gasteiger partial charge is 0.508 e. The first-order valence-corrected chi connectivity index (χ1v) is 11.4. The molecule has 0 fully saturated rings. The highest BCUT2D eigenvalue weighted by Gasteiger charge is 2.29. The lowest BCUT2D eigenvalue weighted by Gasteiger charge is -2.26. The van der Waals surface area contributed by atoms with Gasteiger partial charge in [-0.25, -0.2) is 18.9 Å². The number of rotatable bonds is 15. The fourth-order valence-corrected chi connectivity index (χ4v) is 3.27. The molecular weight excluding hydrogens is 453 g/mol. The summed E-state index contributed by atoms with van der Waals surface area (Å²) in [7, 11) is -2.94. The van der Waals surface area contributed by atoms with Crippen LogP contribution in [0.15, 0.2) is 4.76 Å². The van der Waals surface area contributed by atoms with Gasteiger partial charge >= 0.3 is 26.0 Å². The Hall–Kier alpha value is -2.57. The van der Waals surface area contributed by atoms with E-state index in [9.17, 15) is 24.1 Å². The molecule has 0 aliphatic heterocycles. The van der Waals surface area contributed by atoms with Crippen molar-refractivity contribution in [3.8, 4) is 0 Å². The van der Waals surface area contributed by atoms with Crippen LogP contribution in [0.3, 0.4) is 0 Å². The standard InChI is InChI=1S/C17H32N3O11P/c1-5-8-13(14(21)22)20(4)15(18)19-32(25,30-11-9-28-16(23)26-6-2)31-12-10-29-17(24)27-7-3/h13H,5-12H2,1-4H3,(H,21,22)(H2,18,19,25). The number of nitrogens with zero attached hydrogens (tertiary/aromatic N) is 2. The van der Waals surface area contributed by atoms with Crippen LogP contribution in [0.4, 0.5) is 9.59 Å². The van der Waals surface area contributed by atoms with Crippen LogP contribution in [0.25, 0.3) is 0 Å². The van der Waals surface area contributed by atoms with Gasteiger partial charge in [-0.3, -0.25) is 9.05 Å². The molecule has 1 atom stereocenters. The third-order valence-corrected chi connectivity index (χ3v) is 5.01.